The highest BCUT2D eigenvalue weighted by atomic mass is 16.5. The minimum absolute atomic E-state index is 0.103. The van der Waals surface area contributed by atoms with E-state index in [4.69, 9.17) is 4.74 Å². The molecular formula is C18H22N4O4. The summed E-state index contributed by atoms with van der Waals surface area (Å²) in [5, 5.41) is 17.5. The van der Waals surface area contributed by atoms with Gasteiger partial charge in [-0.3, -0.25) is 4.79 Å². The van der Waals surface area contributed by atoms with Crippen molar-refractivity contribution >= 4 is 11.9 Å². The lowest BCUT2D eigenvalue weighted by Crippen LogP contribution is -2.52. The fraction of sp³-hybridized carbons (Fsp3) is 0.444. The highest BCUT2D eigenvalue weighted by Gasteiger charge is 2.36. The maximum absolute atomic E-state index is 12.6. The van der Waals surface area contributed by atoms with E-state index in [9.17, 15) is 14.7 Å². The fourth-order valence-corrected chi connectivity index (χ4v) is 2.98. The van der Waals surface area contributed by atoms with Gasteiger partial charge in [-0.05, 0) is 30.5 Å². The molecule has 8 nitrogen and oxygen atoms in total. The molecule has 0 bridgehead atoms. The minimum Gasteiger partial charge on any atom is -0.484 e. The largest absolute Gasteiger partial charge is 0.484 e. The van der Waals surface area contributed by atoms with Crippen molar-refractivity contribution in [2.45, 2.75) is 45.8 Å². The number of aliphatic carboxylic acids is 1. The molecule has 138 valence electrons. The highest BCUT2D eigenvalue weighted by Crippen LogP contribution is 2.21. The van der Waals surface area contributed by atoms with Gasteiger partial charge in [0.15, 0.2) is 12.4 Å². The Kier molecular flexibility index (Phi) is 4.92. The normalized spacial score (nSPS) is 16.5. The summed E-state index contributed by atoms with van der Waals surface area (Å²) in [6.07, 6.45) is 0. The Morgan fingerprint density at radius 3 is 2.81 bits per heavy atom. The summed E-state index contributed by atoms with van der Waals surface area (Å²) in [5.74, 6) is 0.711. The predicted octanol–water partition coefficient (Wildman–Crippen LogP) is 1.58. The van der Waals surface area contributed by atoms with Crippen LogP contribution in [0.15, 0.2) is 24.3 Å². The number of hydrogen-bond donors (Lipinski definition) is 1. The molecule has 1 aromatic carbocycles. The van der Waals surface area contributed by atoms with Gasteiger partial charge in [-0.2, -0.15) is 0 Å². The molecule has 0 aliphatic carbocycles. The molecule has 0 saturated heterocycles. The first-order valence-corrected chi connectivity index (χ1v) is 8.50. The first-order chi connectivity index (χ1) is 12.4. The van der Waals surface area contributed by atoms with E-state index in [0.29, 0.717) is 23.3 Å². The van der Waals surface area contributed by atoms with Gasteiger partial charge in [0.25, 0.3) is 5.91 Å². The molecule has 1 amide bonds. The number of carbonyl (C=O) groups is 2. The number of rotatable bonds is 5. The number of aryl methyl sites for hydroxylation is 1. The van der Waals surface area contributed by atoms with Crippen molar-refractivity contribution in [2.24, 2.45) is 0 Å². The third-order valence-corrected chi connectivity index (χ3v) is 4.55. The molecule has 1 unspecified atom stereocenters. The lowest BCUT2D eigenvalue weighted by Gasteiger charge is -2.33. The molecule has 2 aromatic rings. The molecule has 0 spiro atoms. The van der Waals surface area contributed by atoms with Gasteiger partial charge < -0.3 is 19.3 Å². The molecule has 1 atom stereocenters. The maximum atomic E-state index is 12.6. The monoisotopic (exact) mass is 358 g/mol. The van der Waals surface area contributed by atoms with Crippen molar-refractivity contribution in [3.8, 4) is 5.75 Å². The number of carbonyl (C=O) groups excluding carboxylic acids is 1. The smallest absolute Gasteiger partial charge is 0.328 e. The molecule has 26 heavy (non-hydrogen) atoms. The van der Waals surface area contributed by atoms with Gasteiger partial charge in [-0.1, -0.05) is 26.0 Å². The maximum Gasteiger partial charge on any atom is 0.328 e. The van der Waals surface area contributed by atoms with Crippen molar-refractivity contribution < 1.29 is 19.4 Å². The van der Waals surface area contributed by atoms with Gasteiger partial charge in [0.2, 0.25) is 0 Å². The van der Waals surface area contributed by atoms with E-state index >= 15 is 0 Å². The zero-order chi connectivity index (χ0) is 18.8. The molecule has 8 heteroatoms. The second-order valence-corrected chi connectivity index (χ2v) is 6.67. The van der Waals surface area contributed by atoms with E-state index in [1.165, 1.54) is 4.90 Å². The summed E-state index contributed by atoms with van der Waals surface area (Å²) in [7, 11) is 0. The van der Waals surface area contributed by atoms with Crippen LogP contribution < -0.4 is 4.74 Å². The van der Waals surface area contributed by atoms with E-state index < -0.39 is 12.0 Å². The Labute approximate surface area is 151 Å². The van der Waals surface area contributed by atoms with Crippen LogP contribution in [-0.2, 0) is 22.7 Å². The molecule has 0 saturated carbocycles. The van der Waals surface area contributed by atoms with E-state index in [1.54, 1.807) is 17.6 Å². The van der Waals surface area contributed by atoms with Crippen LogP contribution in [0.4, 0.5) is 0 Å². The number of aromatic nitrogens is 3. The van der Waals surface area contributed by atoms with Crippen LogP contribution >= 0.6 is 0 Å². The Hall–Kier alpha value is -2.90. The number of nitrogens with zero attached hydrogens (tertiary/aromatic N) is 4. The van der Waals surface area contributed by atoms with E-state index in [1.807, 2.05) is 18.2 Å². The Bertz CT molecular complexity index is 830. The SMILES string of the molecule is Cc1nnc2n1CC(C(=O)O)N(C(=O)COc1cccc(C(C)C)c1)C2. The third kappa shape index (κ3) is 3.54. The summed E-state index contributed by atoms with van der Waals surface area (Å²) in [5.41, 5.74) is 1.11. The molecule has 2 heterocycles. The topological polar surface area (TPSA) is 97.5 Å². The highest BCUT2D eigenvalue weighted by molar-refractivity contribution is 5.84. The van der Waals surface area contributed by atoms with Gasteiger partial charge in [-0.25, -0.2) is 4.79 Å². The lowest BCUT2D eigenvalue weighted by atomic mass is 10.0. The quantitative estimate of drug-likeness (QED) is 0.872. The minimum atomic E-state index is -1.06. The molecule has 1 aliphatic heterocycles. The van der Waals surface area contributed by atoms with Crippen molar-refractivity contribution in [1.29, 1.82) is 0 Å². The first-order valence-electron chi connectivity index (χ1n) is 8.50. The summed E-state index contributed by atoms with van der Waals surface area (Å²) in [6, 6.07) is 6.59. The number of hydrogen-bond acceptors (Lipinski definition) is 5. The van der Waals surface area contributed by atoms with Crippen molar-refractivity contribution in [1.82, 2.24) is 19.7 Å². The molecule has 0 radical (unpaired) electrons. The Morgan fingerprint density at radius 2 is 2.12 bits per heavy atom. The predicted molar refractivity (Wildman–Crippen MR) is 92.8 cm³/mol. The molecular weight excluding hydrogens is 336 g/mol. The number of ether oxygens (including phenoxy) is 1. The zero-order valence-electron chi connectivity index (χ0n) is 15.0. The van der Waals surface area contributed by atoms with Crippen LogP contribution in [0, 0.1) is 6.92 Å². The van der Waals surface area contributed by atoms with Crippen molar-refractivity contribution in [2.75, 3.05) is 6.61 Å². The van der Waals surface area contributed by atoms with E-state index in [2.05, 4.69) is 24.0 Å². The zero-order valence-corrected chi connectivity index (χ0v) is 15.0. The third-order valence-electron chi connectivity index (χ3n) is 4.55. The van der Waals surface area contributed by atoms with Crippen LogP contribution in [0.2, 0.25) is 0 Å². The lowest BCUT2D eigenvalue weighted by molar-refractivity contribution is -0.153. The average molecular weight is 358 g/mol. The number of carboxylic acid groups (broad SMARTS) is 1. The second-order valence-electron chi connectivity index (χ2n) is 6.67. The van der Waals surface area contributed by atoms with Gasteiger partial charge in [0.05, 0.1) is 13.1 Å². The average Bonchev–Trinajstić information content (AvgIpc) is 2.99. The van der Waals surface area contributed by atoms with Crippen LogP contribution in [0.3, 0.4) is 0 Å². The van der Waals surface area contributed by atoms with Gasteiger partial charge in [0.1, 0.15) is 17.6 Å². The van der Waals surface area contributed by atoms with Gasteiger partial charge in [0, 0.05) is 0 Å². The Balaban J connectivity index is 1.72. The van der Waals surface area contributed by atoms with Crippen molar-refractivity contribution in [3.05, 3.63) is 41.5 Å². The standard InChI is InChI=1S/C18H22N4O4/c1-11(2)13-5-4-6-14(7-13)26-10-17(23)22-9-16-20-19-12(3)21(16)8-15(22)18(24)25/h4-7,11,15H,8-10H2,1-3H3,(H,24,25). The number of carboxylic acids is 1. The van der Waals surface area contributed by atoms with Crippen molar-refractivity contribution in [3.63, 3.8) is 0 Å². The van der Waals surface area contributed by atoms with Crippen LogP contribution in [-0.4, -0.2) is 49.3 Å². The summed E-state index contributed by atoms with van der Waals surface area (Å²) >= 11 is 0. The molecule has 1 aliphatic rings. The molecule has 0 fully saturated rings. The molecule has 1 aromatic heterocycles. The summed E-state index contributed by atoms with van der Waals surface area (Å²) in [6.45, 7) is 5.93. The Morgan fingerprint density at radius 1 is 1.35 bits per heavy atom. The van der Waals surface area contributed by atoms with Gasteiger partial charge >= 0.3 is 5.97 Å². The number of amides is 1. The van der Waals surface area contributed by atoms with Crippen LogP contribution in [0.1, 0.15) is 37.0 Å². The van der Waals surface area contributed by atoms with E-state index in [0.717, 1.165) is 5.56 Å². The molecule has 3 rings (SSSR count). The number of fused-ring (bicyclic) bond motifs is 1. The fourth-order valence-electron chi connectivity index (χ4n) is 2.98. The first kappa shape index (κ1) is 17.9. The van der Waals surface area contributed by atoms with Gasteiger partial charge in [-0.15, -0.1) is 10.2 Å². The second kappa shape index (κ2) is 7.15. The summed E-state index contributed by atoms with van der Waals surface area (Å²) < 4.78 is 7.34. The van der Waals surface area contributed by atoms with Crippen LogP contribution in [0.5, 0.6) is 5.75 Å². The number of benzene rings is 1. The molecule has 1 N–H and O–H groups in total. The summed E-state index contributed by atoms with van der Waals surface area (Å²) in [4.78, 5) is 25.5. The van der Waals surface area contributed by atoms with Crippen LogP contribution in [0.25, 0.3) is 0 Å². The van der Waals surface area contributed by atoms with E-state index in [-0.39, 0.29) is 25.6 Å².